The first-order valence-electron chi connectivity index (χ1n) is 7.59. The summed E-state index contributed by atoms with van der Waals surface area (Å²) in [5.74, 6) is 0. The Morgan fingerprint density at radius 2 is 1.85 bits per heavy atom. The van der Waals surface area contributed by atoms with Crippen molar-refractivity contribution in [2.45, 2.75) is 50.7 Å². The minimum Gasteiger partial charge on any atom is -0.375 e. The number of hydrogen-bond acceptors (Lipinski definition) is 3. The molecule has 1 aromatic carbocycles. The van der Waals surface area contributed by atoms with Gasteiger partial charge >= 0.3 is 0 Å². The van der Waals surface area contributed by atoms with Crippen LogP contribution in [-0.4, -0.2) is 12.1 Å². The van der Waals surface area contributed by atoms with Crippen molar-refractivity contribution in [2.24, 2.45) is 5.73 Å². The summed E-state index contributed by atoms with van der Waals surface area (Å²) < 4.78 is 7.30. The Kier molecular flexibility index (Phi) is 4.39. The van der Waals surface area contributed by atoms with Crippen LogP contribution < -0.4 is 5.73 Å². The Labute approximate surface area is 124 Å². The molecule has 1 fully saturated rings. The van der Waals surface area contributed by atoms with Crippen molar-refractivity contribution in [3.8, 4) is 0 Å². The van der Waals surface area contributed by atoms with Crippen LogP contribution in [0.15, 0.2) is 29.6 Å². The highest BCUT2D eigenvalue weighted by Crippen LogP contribution is 2.28. The van der Waals surface area contributed by atoms with Crippen LogP contribution in [-0.2, 0) is 11.3 Å². The zero-order valence-corrected chi connectivity index (χ0v) is 12.8. The molecule has 2 nitrogen and oxygen atoms in total. The molecular weight excluding hydrogens is 266 g/mol. The fraction of sp³-hybridized carbons (Fsp3) is 0.529. The number of thiophene rings is 1. The number of rotatable bonds is 4. The maximum Gasteiger partial charge on any atom is 0.0731 e. The van der Waals surface area contributed by atoms with Gasteiger partial charge in [-0.15, -0.1) is 11.3 Å². The molecule has 0 radical (unpaired) electrons. The van der Waals surface area contributed by atoms with Gasteiger partial charge in [0.2, 0.25) is 0 Å². The summed E-state index contributed by atoms with van der Waals surface area (Å²) in [6, 6.07) is 8.52. The number of benzene rings is 1. The van der Waals surface area contributed by atoms with Crippen LogP contribution in [0.2, 0.25) is 0 Å². The van der Waals surface area contributed by atoms with Crippen molar-refractivity contribution >= 4 is 21.4 Å². The van der Waals surface area contributed by atoms with Crippen molar-refractivity contribution in [2.75, 3.05) is 6.61 Å². The molecular formula is C17H23NOS. The number of ether oxygens (including phenoxy) is 1. The third kappa shape index (κ3) is 3.22. The highest BCUT2D eigenvalue weighted by Gasteiger charge is 2.26. The summed E-state index contributed by atoms with van der Waals surface area (Å²) in [5, 5.41) is 3.53. The van der Waals surface area contributed by atoms with Crippen LogP contribution in [0, 0.1) is 0 Å². The average molecular weight is 289 g/mol. The Morgan fingerprint density at radius 1 is 1.10 bits per heavy atom. The van der Waals surface area contributed by atoms with Gasteiger partial charge in [-0.05, 0) is 35.2 Å². The monoisotopic (exact) mass is 289 g/mol. The van der Waals surface area contributed by atoms with E-state index < -0.39 is 0 Å². The van der Waals surface area contributed by atoms with E-state index in [4.69, 9.17) is 10.5 Å². The van der Waals surface area contributed by atoms with Gasteiger partial charge in [0.05, 0.1) is 13.2 Å². The maximum absolute atomic E-state index is 6.49. The summed E-state index contributed by atoms with van der Waals surface area (Å²) >= 11 is 1.79. The van der Waals surface area contributed by atoms with E-state index >= 15 is 0 Å². The lowest BCUT2D eigenvalue weighted by molar-refractivity contribution is 0.0675. The molecule has 2 aromatic rings. The molecule has 0 aliphatic heterocycles. The Bertz CT molecular complexity index is 555. The lowest BCUT2D eigenvalue weighted by Gasteiger charge is -2.27. The van der Waals surface area contributed by atoms with Crippen molar-refractivity contribution in [1.82, 2.24) is 0 Å². The largest absolute Gasteiger partial charge is 0.375 e. The first-order valence-corrected chi connectivity index (χ1v) is 8.47. The Morgan fingerprint density at radius 3 is 2.65 bits per heavy atom. The van der Waals surface area contributed by atoms with Crippen LogP contribution in [0.5, 0.6) is 0 Å². The standard InChI is InChI=1S/C17H23NOS/c18-17(9-5-1-2-6-10-17)13-19-11-14-12-20-16-8-4-3-7-15(14)16/h3-4,7-8,12H,1-2,5-6,9-11,13,18H2. The van der Waals surface area contributed by atoms with Crippen LogP contribution in [0.1, 0.15) is 44.1 Å². The van der Waals surface area contributed by atoms with Crippen molar-refractivity contribution in [3.05, 3.63) is 35.2 Å². The molecule has 0 saturated heterocycles. The molecule has 1 saturated carbocycles. The Balaban J connectivity index is 1.59. The fourth-order valence-electron chi connectivity index (χ4n) is 3.09. The van der Waals surface area contributed by atoms with Crippen LogP contribution in [0.25, 0.3) is 10.1 Å². The first-order chi connectivity index (χ1) is 9.77. The van der Waals surface area contributed by atoms with E-state index in [1.807, 2.05) is 0 Å². The molecule has 0 spiro atoms. The van der Waals surface area contributed by atoms with Gasteiger partial charge in [-0.1, -0.05) is 43.9 Å². The average Bonchev–Trinajstić information content (AvgIpc) is 2.74. The summed E-state index contributed by atoms with van der Waals surface area (Å²) in [5.41, 5.74) is 7.69. The second kappa shape index (κ2) is 6.25. The van der Waals surface area contributed by atoms with E-state index in [9.17, 15) is 0 Å². The summed E-state index contributed by atoms with van der Waals surface area (Å²) in [6.07, 6.45) is 7.37. The zero-order chi connectivity index (χ0) is 13.8. The van der Waals surface area contributed by atoms with Crippen molar-refractivity contribution in [1.29, 1.82) is 0 Å². The highest BCUT2D eigenvalue weighted by atomic mass is 32.1. The van der Waals surface area contributed by atoms with E-state index in [-0.39, 0.29) is 5.54 Å². The van der Waals surface area contributed by atoms with Crippen LogP contribution in [0.4, 0.5) is 0 Å². The van der Waals surface area contributed by atoms with Gasteiger partial charge in [-0.2, -0.15) is 0 Å². The van der Waals surface area contributed by atoms with Gasteiger partial charge in [-0.3, -0.25) is 0 Å². The lowest BCUT2D eigenvalue weighted by Crippen LogP contribution is -2.43. The molecule has 3 heteroatoms. The van der Waals surface area contributed by atoms with Crippen molar-refractivity contribution < 1.29 is 4.74 Å². The van der Waals surface area contributed by atoms with Gasteiger partial charge in [-0.25, -0.2) is 0 Å². The quantitative estimate of drug-likeness (QED) is 0.843. The smallest absolute Gasteiger partial charge is 0.0731 e. The summed E-state index contributed by atoms with van der Waals surface area (Å²) in [6.45, 7) is 1.38. The molecule has 1 aliphatic rings. The molecule has 0 bridgehead atoms. The van der Waals surface area contributed by atoms with E-state index in [0.717, 1.165) is 12.8 Å². The number of nitrogens with two attached hydrogens (primary N) is 1. The molecule has 1 heterocycles. The van der Waals surface area contributed by atoms with Gasteiger partial charge in [0.25, 0.3) is 0 Å². The van der Waals surface area contributed by atoms with Gasteiger partial charge in [0.15, 0.2) is 0 Å². The second-order valence-electron chi connectivity index (χ2n) is 6.03. The highest BCUT2D eigenvalue weighted by molar-refractivity contribution is 7.17. The predicted molar refractivity (Wildman–Crippen MR) is 86.1 cm³/mol. The summed E-state index contributed by atoms with van der Waals surface area (Å²) in [4.78, 5) is 0. The van der Waals surface area contributed by atoms with E-state index in [1.54, 1.807) is 11.3 Å². The molecule has 1 aromatic heterocycles. The van der Waals surface area contributed by atoms with Gasteiger partial charge < -0.3 is 10.5 Å². The second-order valence-corrected chi connectivity index (χ2v) is 6.94. The van der Waals surface area contributed by atoms with Crippen LogP contribution >= 0.6 is 11.3 Å². The molecule has 0 amide bonds. The Hall–Kier alpha value is -0.900. The molecule has 2 N–H and O–H groups in total. The molecule has 0 unspecified atom stereocenters. The topological polar surface area (TPSA) is 35.2 Å². The van der Waals surface area contributed by atoms with E-state index in [2.05, 4.69) is 29.6 Å². The first kappa shape index (κ1) is 14.1. The normalized spacial score (nSPS) is 19.1. The van der Waals surface area contributed by atoms with Gasteiger partial charge in [0, 0.05) is 10.2 Å². The van der Waals surface area contributed by atoms with Gasteiger partial charge in [0.1, 0.15) is 0 Å². The number of hydrogen-bond donors (Lipinski definition) is 1. The van der Waals surface area contributed by atoms with E-state index in [0.29, 0.717) is 13.2 Å². The lowest BCUT2D eigenvalue weighted by atomic mass is 9.92. The third-order valence-electron chi connectivity index (χ3n) is 4.31. The molecule has 20 heavy (non-hydrogen) atoms. The van der Waals surface area contributed by atoms with Crippen LogP contribution in [0.3, 0.4) is 0 Å². The van der Waals surface area contributed by atoms with Crippen molar-refractivity contribution in [3.63, 3.8) is 0 Å². The van der Waals surface area contributed by atoms with E-state index in [1.165, 1.54) is 41.3 Å². The zero-order valence-electron chi connectivity index (χ0n) is 11.9. The minimum absolute atomic E-state index is 0.0949. The predicted octanol–water partition coefficient (Wildman–Crippen LogP) is 4.47. The maximum atomic E-state index is 6.49. The minimum atomic E-state index is -0.0949. The SMILES string of the molecule is NC1(COCc2csc3ccccc23)CCCCCC1. The molecule has 108 valence electrons. The molecule has 3 rings (SSSR count). The third-order valence-corrected chi connectivity index (χ3v) is 5.32. The molecule has 1 aliphatic carbocycles. The number of fused-ring (bicyclic) bond motifs is 1. The fourth-order valence-corrected chi connectivity index (χ4v) is 4.03. The molecule has 0 atom stereocenters. The summed E-state index contributed by atoms with van der Waals surface area (Å²) in [7, 11) is 0.